The van der Waals surface area contributed by atoms with Crippen LogP contribution in [-0.2, 0) is 4.74 Å². The average Bonchev–Trinajstić information content (AvgIpc) is 2.51. The summed E-state index contributed by atoms with van der Waals surface area (Å²) in [7, 11) is 0. The molecule has 1 fully saturated rings. The molecule has 0 bridgehead atoms. The number of nitrogens with two attached hydrogens (primary N) is 1. The molecule has 0 spiro atoms. The standard InChI is InChI=1S/C8H11N3O3.Ca/c9-6-1-2-11(8(13)10-6)7-3-5(12)4-14-7;/h1-2,5,7,12H,3-4H2,(H2,9,10,13);/t5-,7+;/m0./s1. The monoisotopic (exact) mass is 237 g/mol. The summed E-state index contributed by atoms with van der Waals surface area (Å²) in [5.41, 5.74) is 4.88. The predicted octanol–water partition coefficient (Wildman–Crippen LogP) is -1.28. The van der Waals surface area contributed by atoms with Gasteiger partial charge in [0.2, 0.25) is 0 Å². The summed E-state index contributed by atoms with van der Waals surface area (Å²) in [6, 6.07) is 1.52. The van der Waals surface area contributed by atoms with E-state index in [-0.39, 0.29) is 50.2 Å². The number of hydrogen-bond donors (Lipinski definition) is 2. The van der Waals surface area contributed by atoms with E-state index in [1.54, 1.807) is 0 Å². The Morgan fingerprint density at radius 3 is 2.93 bits per heavy atom. The van der Waals surface area contributed by atoms with Gasteiger partial charge in [0.1, 0.15) is 12.0 Å². The van der Waals surface area contributed by atoms with E-state index in [0.29, 0.717) is 6.42 Å². The van der Waals surface area contributed by atoms with Gasteiger partial charge in [0.05, 0.1) is 12.7 Å². The van der Waals surface area contributed by atoms with E-state index in [1.165, 1.54) is 16.8 Å². The predicted molar refractivity (Wildman–Crippen MR) is 54.3 cm³/mol. The largest absolute Gasteiger partial charge is 0.391 e. The van der Waals surface area contributed by atoms with Crippen LogP contribution in [0.5, 0.6) is 0 Å². The number of nitrogens with zero attached hydrogens (tertiary/aromatic N) is 2. The van der Waals surface area contributed by atoms with Crippen molar-refractivity contribution in [3.8, 4) is 0 Å². The van der Waals surface area contributed by atoms with E-state index >= 15 is 0 Å². The molecular weight excluding hydrogens is 226 g/mol. The molecule has 7 heteroatoms. The van der Waals surface area contributed by atoms with E-state index in [4.69, 9.17) is 10.5 Å². The van der Waals surface area contributed by atoms with Crippen molar-refractivity contribution in [1.82, 2.24) is 9.55 Å². The van der Waals surface area contributed by atoms with E-state index in [1.807, 2.05) is 0 Å². The fourth-order valence-corrected chi connectivity index (χ4v) is 1.43. The molecule has 2 heterocycles. The van der Waals surface area contributed by atoms with Gasteiger partial charge < -0.3 is 15.6 Å². The molecule has 1 aromatic rings. The second-order valence-corrected chi connectivity index (χ2v) is 3.22. The molecular formula is C8H11CaN3O3. The van der Waals surface area contributed by atoms with Crippen LogP contribution in [-0.4, -0.2) is 65.1 Å². The summed E-state index contributed by atoms with van der Waals surface area (Å²) in [6.07, 6.45) is 0.994. The maximum atomic E-state index is 11.3. The van der Waals surface area contributed by atoms with Crippen LogP contribution < -0.4 is 11.4 Å². The third-order valence-corrected chi connectivity index (χ3v) is 2.12. The van der Waals surface area contributed by atoms with Gasteiger partial charge in [-0.05, 0) is 6.07 Å². The van der Waals surface area contributed by atoms with Gasteiger partial charge in [-0.15, -0.1) is 0 Å². The van der Waals surface area contributed by atoms with Crippen LogP contribution in [0.25, 0.3) is 0 Å². The van der Waals surface area contributed by atoms with Crippen LogP contribution >= 0.6 is 0 Å². The topological polar surface area (TPSA) is 90.4 Å². The SMILES string of the molecule is Nc1ccn([C@H]2C[C@H](O)CO2)c(=O)n1.[Ca]. The molecule has 1 aromatic heterocycles. The van der Waals surface area contributed by atoms with Gasteiger partial charge in [0.25, 0.3) is 0 Å². The fourth-order valence-electron chi connectivity index (χ4n) is 1.43. The molecule has 0 saturated carbocycles. The van der Waals surface area contributed by atoms with Crippen molar-refractivity contribution in [3.63, 3.8) is 0 Å². The van der Waals surface area contributed by atoms with Crippen molar-refractivity contribution in [2.24, 2.45) is 0 Å². The van der Waals surface area contributed by atoms with Crippen molar-refractivity contribution in [2.75, 3.05) is 12.3 Å². The molecule has 2 radical (unpaired) electrons. The molecule has 0 unspecified atom stereocenters. The Balaban J connectivity index is 0.00000112. The van der Waals surface area contributed by atoms with E-state index < -0.39 is 18.0 Å². The van der Waals surface area contributed by atoms with Crippen LogP contribution in [0.2, 0.25) is 0 Å². The van der Waals surface area contributed by atoms with Crippen LogP contribution in [0, 0.1) is 0 Å². The van der Waals surface area contributed by atoms with Crippen LogP contribution in [0.1, 0.15) is 12.6 Å². The Morgan fingerprint density at radius 1 is 1.67 bits per heavy atom. The third kappa shape index (κ3) is 2.92. The van der Waals surface area contributed by atoms with Gasteiger partial charge in [-0.25, -0.2) is 4.79 Å². The van der Waals surface area contributed by atoms with Gasteiger partial charge in [-0.1, -0.05) is 0 Å². The van der Waals surface area contributed by atoms with E-state index in [2.05, 4.69) is 4.98 Å². The first-order valence-electron chi connectivity index (χ1n) is 4.31. The summed E-state index contributed by atoms with van der Waals surface area (Å²) in [4.78, 5) is 14.9. The molecule has 6 nitrogen and oxygen atoms in total. The molecule has 78 valence electrons. The zero-order valence-electron chi connectivity index (χ0n) is 8.17. The van der Waals surface area contributed by atoms with Crippen LogP contribution in [0.15, 0.2) is 17.1 Å². The molecule has 1 aliphatic heterocycles. The molecule has 3 N–H and O–H groups in total. The molecule has 1 aliphatic rings. The third-order valence-electron chi connectivity index (χ3n) is 2.12. The Bertz CT molecular complexity index is 395. The minimum atomic E-state index is -0.510. The number of anilines is 1. The summed E-state index contributed by atoms with van der Waals surface area (Å²) < 4.78 is 6.53. The first-order chi connectivity index (χ1) is 6.66. The second-order valence-electron chi connectivity index (χ2n) is 3.22. The number of aromatic nitrogens is 2. The minimum absolute atomic E-state index is 0. The Labute approximate surface area is 116 Å². The zero-order valence-corrected chi connectivity index (χ0v) is 10.4. The number of ether oxygens (including phenoxy) is 1. The molecule has 0 amide bonds. The first kappa shape index (κ1) is 12.9. The second kappa shape index (κ2) is 5.27. The van der Waals surface area contributed by atoms with E-state index in [9.17, 15) is 9.90 Å². The molecule has 0 aliphatic carbocycles. The van der Waals surface area contributed by atoms with Crippen molar-refractivity contribution < 1.29 is 9.84 Å². The van der Waals surface area contributed by atoms with Gasteiger partial charge >= 0.3 is 5.69 Å². The Kier molecular flexibility index (Phi) is 4.54. The number of nitrogen functional groups attached to an aromatic ring is 1. The van der Waals surface area contributed by atoms with Crippen molar-refractivity contribution in [2.45, 2.75) is 18.8 Å². The Morgan fingerprint density at radius 2 is 2.40 bits per heavy atom. The fraction of sp³-hybridized carbons (Fsp3) is 0.500. The number of aliphatic hydroxyl groups is 1. The summed E-state index contributed by atoms with van der Waals surface area (Å²) in [5, 5.41) is 9.22. The summed E-state index contributed by atoms with van der Waals surface area (Å²) >= 11 is 0. The number of rotatable bonds is 1. The smallest absolute Gasteiger partial charge is 0.351 e. The van der Waals surface area contributed by atoms with Gasteiger partial charge in [-0.3, -0.25) is 4.57 Å². The normalized spacial score (nSPS) is 24.9. The van der Waals surface area contributed by atoms with Crippen LogP contribution in [0.3, 0.4) is 0 Å². The number of aliphatic hydroxyl groups excluding tert-OH is 1. The van der Waals surface area contributed by atoms with Crippen molar-refractivity contribution >= 4 is 43.6 Å². The average molecular weight is 237 g/mol. The molecule has 0 aromatic carbocycles. The van der Waals surface area contributed by atoms with E-state index in [0.717, 1.165) is 0 Å². The molecule has 15 heavy (non-hydrogen) atoms. The molecule has 2 atom stereocenters. The van der Waals surface area contributed by atoms with Gasteiger partial charge in [-0.2, -0.15) is 4.98 Å². The van der Waals surface area contributed by atoms with Gasteiger partial charge in [0, 0.05) is 50.4 Å². The summed E-state index contributed by atoms with van der Waals surface area (Å²) in [6.45, 7) is 0.251. The quantitative estimate of drug-likeness (QED) is 0.594. The minimum Gasteiger partial charge on any atom is -0.391 e. The van der Waals surface area contributed by atoms with Crippen LogP contribution in [0.4, 0.5) is 5.82 Å². The number of hydrogen-bond acceptors (Lipinski definition) is 5. The van der Waals surface area contributed by atoms with Gasteiger partial charge in [0.15, 0.2) is 0 Å². The first-order valence-corrected chi connectivity index (χ1v) is 4.31. The molecule has 2 rings (SSSR count). The Hall–Kier alpha value is -0.140. The maximum Gasteiger partial charge on any atom is 0.351 e. The maximum absolute atomic E-state index is 11.3. The van der Waals surface area contributed by atoms with Crippen molar-refractivity contribution in [3.05, 3.63) is 22.7 Å². The van der Waals surface area contributed by atoms with Crippen molar-refractivity contribution in [1.29, 1.82) is 0 Å². The summed E-state index contributed by atoms with van der Waals surface area (Å²) in [5.74, 6) is 0.185. The molecule has 1 saturated heterocycles. The zero-order chi connectivity index (χ0) is 10.1.